The largest absolute Gasteiger partial charge is 0.462 e. The summed E-state index contributed by atoms with van der Waals surface area (Å²) >= 11 is 0. The quantitative estimate of drug-likeness (QED) is 0.681. The van der Waals surface area contributed by atoms with Gasteiger partial charge in [-0.25, -0.2) is 4.39 Å². The number of allylic oxidation sites excluding steroid dienone is 8. The van der Waals surface area contributed by atoms with Crippen molar-refractivity contribution in [2.24, 2.45) is 0 Å². The summed E-state index contributed by atoms with van der Waals surface area (Å²) in [5.74, 6) is 0.579. The number of alkyl halides is 1. The van der Waals surface area contributed by atoms with Gasteiger partial charge in [-0.3, -0.25) is 9.59 Å². The highest BCUT2D eigenvalue weighted by Crippen LogP contribution is 2.21. The monoisotopic (exact) mass is 376 g/mol. The molecule has 0 heterocycles. The van der Waals surface area contributed by atoms with Crippen molar-refractivity contribution in [2.45, 2.75) is 32.0 Å². The van der Waals surface area contributed by atoms with E-state index < -0.39 is 12.2 Å². The van der Waals surface area contributed by atoms with E-state index in [1.165, 1.54) is 20.1 Å². The summed E-state index contributed by atoms with van der Waals surface area (Å²) in [6, 6.07) is -0.733. The number of ether oxygens (including phenoxy) is 2. The summed E-state index contributed by atoms with van der Waals surface area (Å²) in [6.07, 6.45) is 12.1. The number of carbonyl (C=O) groups excluding carboxylic acids is 2. The third kappa shape index (κ3) is 7.22. The summed E-state index contributed by atoms with van der Waals surface area (Å²) < 4.78 is 24.1. The Morgan fingerprint density at radius 2 is 2.15 bits per heavy atom. The maximum absolute atomic E-state index is 13.4. The van der Waals surface area contributed by atoms with Crippen molar-refractivity contribution in [2.75, 3.05) is 20.3 Å². The first kappa shape index (κ1) is 20.6. The number of nitrogens with one attached hydrogen (secondary N) is 2. The van der Waals surface area contributed by atoms with Crippen molar-refractivity contribution < 1.29 is 23.5 Å². The van der Waals surface area contributed by atoms with Gasteiger partial charge in [0.2, 0.25) is 11.8 Å². The molecule has 0 aliphatic heterocycles. The highest BCUT2D eigenvalue weighted by atomic mass is 19.1. The molecule has 0 aromatic carbocycles. The van der Waals surface area contributed by atoms with Gasteiger partial charge in [0.25, 0.3) is 0 Å². The first-order valence-corrected chi connectivity index (χ1v) is 8.77. The molecule has 2 atom stereocenters. The molecule has 2 rings (SSSR count). The number of hydrogen-bond acceptors (Lipinski definition) is 4. The Bertz CT molecular complexity index is 707. The lowest BCUT2D eigenvalue weighted by Gasteiger charge is -2.17. The first-order chi connectivity index (χ1) is 13.0. The van der Waals surface area contributed by atoms with Crippen LogP contribution in [0.4, 0.5) is 4.39 Å². The van der Waals surface area contributed by atoms with E-state index in [1.807, 2.05) is 18.2 Å². The summed E-state index contributed by atoms with van der Waals surface area (Å²) in [5.41, 5.74) is 0.970. The zero-order valence-corrected chi connectivity index (χ0v) is 15.5. The fourth-order valence-corrected chi connectivity index (χ4v) is 2.61. The first-order valence-electron chi connectivity index (χ1n) is 8.77. The number of rotatable bonds is 8. The van der Waals surface area contributed by atoms with Gasteiger partial charge in [-0.15, -0.1) is 0 Å². The van der Waals surface area contributed by atoms with Gasteiger partial charge in [-0.1, -0.05) is 24.3 Å². The molecule has 0 saturated carbocycles. The molecule has 2 N–H and O–H groups in total. The number of methoxy groups -OCH3 is 1. The molecule has 2 aliphatic carbocycles. The topological polar surface area (TPSA) is 76.7 Å². The minimum Gasteiger partial charge on any atom is -0.462 e. The lowest BCUT2D eigenvalue weighted by atomic mass is 10.1. The summed E-state index contributed by atoms with van der Waals surface area (Å²) in [6.45, 7) is 1.79. The molecule has 146 valence electrons. The van der Waals surface area contributed by atoms with Crippen LogP contribution in [-0.2, 0) is 19.1 Å². The van der Waals surface area contributed by atoms with Gasteiger partial charge < -0.3 is 20.1 Å². The third-order valence-corrected chi connectivity index (χ3v) is 3.91. The Morgan fingerprint density at radius 1 is 1.33 bits per heavy atom. The van der Waals surface area contributed by atoms with E-state index in [9.17, 15) is 14.0 Å². The van der Waals surface area contributed by atoms with Crippen LogP contribution in [-0.4, -0.2) is 44.3 Å². The summed E-state index contributed by atoms with van der Waals surface area (Å²) in [5, 5.41) is 5.35. The number of halogens is 1. The minimum atomic E-state index is -1.02. The molecular formula is C20H25FN2O4. The van der Waals surface area contributed by atoms with Crippen molar-refractivity contribution in [3.05, 3.63) is 59.6 Å². The SMILES string of the molecule is COCC(NC(C)=O)C(=O)NCC1=CC=C(OC2=CC=CC(F)C2)C=CC1. The van der Waals surface area contributed by atoms with Crippen LogP contribution < -0.4 is 10.6 Å². The van der Waals surface area contributed by atoms with Crippen LogP contribution in [0.5, 0.6) is 0 Å². The highest BCUT2D eigenvalue weighted by molar-refractivity contribution is 5.87. The van der Waals surface area contributed by atoms with Gasteiger partial charge in [0.05, 0.1) is 6.61 Å². The fraction of sp³-hybridized carbons (Fsp3) is 0.400. The van der Waals surface area contributed by atoms with Gasteiger partial charge in [0.15, 0.2) is 0 Å². The molecule has 0 bridgehead atoms. The van der Waals surface area contributed by atoms with Gasteiger partial charge >= 0.3 is 0 Å². The van der Waals surface area contributed by atoms with E-state index in [4.69, 9.17) is 9.47 Å². The van der Waals surface area contributed by atoms with Crippen molar-refractivity contribution in [1.82, 2.24) is 10.6 Å². The van der Waals surface area contributed by atoms with E-state index in [-0.39, 0.29) is 24.8 Å². The molecule has 2 unspecified atom stereocenters. The lowest BCUT2D eigenvalue weighted by molar-refractivity contribution is -0.129. The second-order valence-corrected chi connectivity index (χ2v) is 6.27. The fourth-order valence-electron chi connectivity index (χ4n) is 2.61. The van der Waals surface area contributed by atoms with Crippen LogP contribution in [0.2, 0.25) is 0 Å². The normalized spacial score (nSPS) is 20.0. The summed E-state index contributed by atoms with van der Waals surface area (Å²) in [4.78, 5) is 23.4. The average Bonchev–Trinajstić information content (AvgIpc) is 2.84. The van der Waals surface area contributed by atoms with Crippen LogP contribution in [0, 0.1) is 0 Å². The van der Waals surface area contributed by atoms with E-state index in [0.29, 0.717) is 24.5 Å². The molecule has 2 amide bonds. The predicted octanol–water partition coefficient (Wildman–Crippen LogP) is 2.22. The Kier molecular flexibility index (Phi) is 8.00. The van der Waals surface area contributed by atoms with Crippen LogP contribution in [0.1, 0.15) is 19.8 Å². The molecule has 2 aliphatic rings. The molecule has 7 heteroatoms. The molecule has 0 spiro atoms. The molecule has 0 radical (unpaired) electrons. The standard InChI is InChI=1S/C20H25FN2O4/c1-14(24)23-19(13-26-2)20(25)22-12-15-5-3-7-17(10-9-15)27-18-8-4-6-16(21)11-18/h3-4,6-10,16,19H,5,11-13H2,1-2H3,(H,22,25)(H,23,24). The van der Waals surface area contributed by atoms with E-state index in [1.54, 1.807) is 18.2 Å². The van der Waals surface area contributed by atoms with Crippen LogP contribution >= 0.6 is 0 Å². The van der Waals surface area contributed by atoms with Gasteiger partial charge in [0.1, 0.15) is 23.7 Å². The number of carbonyl (C=O) groups is 2. The Labute approximate surface area is 158 Å². The molecular weight excluding hydrogens is 351 g/mol. The predicted molar refractivity (Wildman–Crippen MR) is 100 cm³/mol. The molecule has 0 aromatic heterocycles. The second-order valence-electron chi connectivity index (χ2n) is 6.27. The summed E-state index contributed by atoms with van der Waals surface area (Å²) in [7, 11) is 1.47. The second kappa shape index (κ2) is 10.5. The van der Waals surface area contributed by atoms with Crippen molar-refractivity contribution >= 4 is 11.8 Å². The Hall–Kier alpha value is -2.67. The maximum atomic E-state index is 13.4. The van der Waals surface area contributed by atoms with Gasteiger partial charge in [0, 0.05) is 27.0 Å². The zero-order valence-electron chi connectivity index (χ0n) is 15.5. The van der Waals surface area contributed by atoms with E-state index in [0.717, 1.165) is 5.57 Å². The van der Waals surface area contributed by atoms with Gasteiger partial charge in [-0.05, 0) is 30.2 Å². The molecule has 0 fully saturated rings. The minimum absolute atomic E-state index is 0.0986. The number of amides is 2. The zero-order chi connectivity index (χ0) is 19.6. The number of hydrogen-bond donors (Lipinski definition) is 2. The van der Waals surface area contributed by atoms with Crippen LogP contribution in [0.15, 0.2) is 59.6 Å². The Morgan fingerprint density at radius 3 is 2.85 bits per heavy atom. The smallest absolute Gasteiger partial charge is 0.245 e. The maximum Gasteiger partial charge on any atom is 0.245 e. The average molecular weight is 376 g/mol. The molecule has 0 aromatic rings. The van der Waals surface area contributed by atoms with Gasteiger partial charge in [-0.2, -0.15) is 0 Å². The highest BCUT2D eigenvalue weighted by Gasteiger charge is 2.19. The molecule has 0 saturated heterocycles. The van der Waals surface area contributed by atoms with Crippen LogP contribution in [0.25, 0.3) is 0 Å². The molecule has 27 heavy (non-hydrogen) atoms. The van der Waals surface area contributed by atoms with E-state index in [2.05, 4.69) is 10.6 Å². The van der Waals surface area contributed by atoms with Crippen molar-refractivity contribution in [1.29, 1.82) is 0 Å². The lowest BCUT2D eigenvalue weighted by Crippen LogP contribution is -2.49. The van der Waals surface area contributed by atoms with Crippen molar-refractivity contribution in [3.63, 3.8) is 0 Å². The Balaban J connectivity index is 1.90. The van der Waals surface area contributed by atoms with Crippen LogP contribution in [0.3, 0.4) is 0 Å². The third-order valence-electron chi connectivity index (χ3n) is 3.91. The van der Waals surface area contributed by atoms with E-state index >= 15 is 0 Å². The van der Waals surface area contributed by atoms with Crippen molar-refractivity contribution in [3.8, 4) is 0 Å². The molecule has 6 nitrogen and oxygen atoms in total.